The summed E-state index contributed by atoms with van der Waals surface area (Å²) in [6, 6.07) is 0. The Bertz CT molecular complexity index is 439. The fraction of sp³-hybridized carbons (Fsp3) is 0.800. The van der Waals surface area contributed by atoms with Crippen LogP contribution in [0.25, 0.3) is 0 Å². The van der Waals surface area contributed by atoms with Crippen molar-refractivity contribution in [3.05, 3.63) is 0 Å². The summed E-state index contributed by atoms with van der Waals surface area (Å²) in [5.74, 6) is -1.93. The number of carboxylic acids is 1. The predicted octanol–water partition coefficient (Wildman–Crippen LogP) is -0.135. The molecule has 0 aromatic heterocycles. The molecule has 0 aromatic carbocycles. The van der Waals surface area contributed by atoms with E-state index in [9.17, 15) is 18.0 Å². The molecule has 1 aliphatic rings. The molecular formula is C10H17NO6S. The van der Waals surface area contributed by atoms with Gasteiger partial charge < -0.3 is 9.84 Å². The van der Waals surface area contributed by atoms with E-state index in [0.29, 0.717) is 12.8 Å². The van der Waals surface area contributed by atoms with Crippen LogP contribution in [-0.2, 0) is 24.3 Å². The topological polar surface area (TPSA) is 110 Å². The average molecular weight is 279 g/mol. The van der Waals surface area contributed by atoms with Crippen LogP contribution in [0.1, 0.15) is 32.6 Å². The molecule has 7 nitrogen and oxygen atoms in total. The maximum atomic E-state index is 11.9. The molecule has 0 bridgehead atoms. The Hall–Kier alpha value is -1.15. The minimum absolute atomic E-state index is 0.278. The van der Waals surface area contributed by atoms with Crippen molar-refractivity contribution in [3.63, 3.8) is 0 Å². The monoisotopic (exact) mass is 279 g/mol. The number of esters is 1. The Morgan fingerprint density at radius 2 is 2.00 bits per heavy atom. The second kappa shape index (κ2) is 5.23. The van der Waals surface area contributed by atoms with Gasteiger partial charge in [0.1, 0.15) is 0 Å². The molecular weight excluding hydrogens is 262 g/mol. The number of carbonyl (C=O) groups is 2. The first-order chi connectivity index (χ1) is 8.22. The van der Waals surface area contributed by atoms with E-state index in [4.69, 9.17) is 5.11 Å². The molecule has 104 valence electrons. The zero-order valence-corrected chi connectivity index (χ0v) is 11.1. The first-order valence-corrected chi connectivity index (χ1v) is 7.09. The van der Waals surface area contributed by atoms with Gasteiger partial charge in [-0.15, -0.1) is 0 Å². The summed E-state index contributed by atoms with van der Waals surface area (Å²) in [5.41, 5.74) is -0.951. The largest absolute Gasteiger partial charge is 0.481 e. The smallest absolute Gasteiger partial charge is 0.325 e. The van der Waals surface area contributed by atoms with E-state index in [1.807, 2.05) is 0 Å². The molecule has 0 spiro atoms. The average Bonchev–Trinajstić information content (AvgIpc) is 2.22. The van der Waals surface area contributed by atoms with Crippen molar-refractivity contribution in [2.45, 2.75) is 43.4 Å². The molecule has 1 fully saturated rings. The highest BCUT2D eigenvalue weighted by molar-refractivity contribution is 7.90. The van der Waals surface area contributed by atoms with Gasteiger partial charge in [-0.3, -0.25) is 9.59 Å². The summed E-state index contributed by atoms with van der Waals surface area (Å²) < 4.78 is 30.5. The summed E-state index contributed by atoms with van der Waals surface area (Å²) in [5, 5.41) is 7.43. The van der Waals surface area contributed by atoms with Crippen molar-refractivity contribution < 1.29 is 27.9 Å². The van der Waals surface area contributed by atoms with Gasteiger partial charge in [0.15, 0.2) is 5.25 Å². The molecule has 1 unspecified atom stereocenters. The Kier molecular flexibility index (Phi) is 4.33. The lowest BCUT2D eigenvalue weighted by Crippen LogP contribution is -2.57. The van der Waals surface area contributed by atoms with E-state index in [1.165, 1.54) is 6.92 Å². The quantitative estimate of drug-likeness (QED) is 0.655. The predicted molar refractivity (Wildman–Crippen MR) is 62.4 cm³/mol. The summed E-state index contributed by atoms with van der Waals surface area (Å²) in [7, 11) is -2.82. The van der Waals surface area contributed by atoms with Gasteiger partial charge in [0, 0.05) is 5.54 Å². The molecule has 1 atom stereocenters. The molecule has 0 heterocycles. The van der Waals surface area contributed by atoms with E-state index in [2.05, 4.69) is 9.46 Å². The van der Waals surface area contributed by atoms with E-state index in [0.717, 1.165) is 13.5 Å². The molecule has 0 aromatic rings. The minimum atomic E-state index is -3.92. The Morgan fingerprint density at radius 1 is 1.44 bits per heavy atom. The van der Waals surface area contributed by atoms with Gasteiger partial charge in [-0.2, -0.15) is 0 Å². The van der Waals surface area contributed by atoms with Crippen molar-refractivity contribution in [1.82, 2.24) is 4.72 Å². The number of sulfonamides is 1. The second-order valence-electron chi connectivity index (χ2n) is 4.52. The Balaban J connectivity index is 2.81. The van der Waals surface area contributed by atoms with Crippen molar-refractivity contribution in [2.75, 3.05) is 7.11 Å². The lowest BCUT2D eigenvalue weighted by atomic mass is 9.75. The first kappa shape index (κ1) is 14.9. The highest BCUT2D eigenvalue weighted by Gasteiger charge is 2.44. The lowest BCUT2D eigenvalue weighted by Gasteiger charge is -2.41. The first-order valence-electron chi connectivity index (χ1n) is 5.55. The zero-order valence-electron chi connectivity index (χ0n) is 10.3. The van der Waals surface area contributed by atoms with Crippen LogP contribution in [0.5, 0.6) is 0 Å². The van der Waals surface area contributed by atoms with E-state index in [1.54, 1.807) is 0 Å². The molecule has 0 radical (unpaired) electrons. The van der Waals surface area contributed by atoms with Crippen LogP contribution < -0.4 is 4.72 Å². The molecule has 0 amide bonds. The third kappa shape index (κ3) is 3.20. The molecule has 1 rings (SSSR count). The van der Waals surface area contributed by atoms with Crippen molar-refractivity contribution in [1.29, 1.82) is 0 Å². The third-order valence-corrected chi connectivity index (χ3v) is 5.00. The second-order valence-corrected chi connectivity index (χ2v) is 6.52. The number of aliphatic carboxylic acids is 1. The van der Waals surface area contributed by atoms with Gasteiger partial charge in [0.05, 0.1) is 13.5 Å². The summed E-state index contributed by atoms with van der Waals surface area (Å²) >= 11 is 0. The standard InChI is InChI=1S/C10H17NO6S/c1-7(9(14)17-2)18(15,16)11-10(4-3-5-10)6-8(12)13/h7,11H,3-6H2,1-2H3,(H,12,13). The van der Waals surface area contributed by atoms with Crippen molar-refractivity contribution in [2.24, 2.45) is 0 Å². The Labute approximate surface area is 106 Å². The fourth-order valence-corrected chi connectivity index (χ4v) is 3.30. The van der Waals surface area contributed by atoms with E-state index >= 15 is 0 Å². The highest BCUT2D eigenvalue weighted by Crippen LogP contribution is 2.36. The normalized spacial score (nSPS) is 19.7. The van der Waals surface area contributed by atoms with Gasteiger partial charge in [-0.1, -0.05) is 0 Å². The maximum absolute atomic E-state index is 11.9. The van der Waals surface area contributed by atoms with E-state index in [-0.39, 0.29) is 6.42 Å². The van der Waals surface area contributed by atoms with Crippen LogP contribution in [0.3, 0.4) is 0 Å². The van der Waals surface area contributed by atoms with Crippen LogP contribution >= 0.6 is 0 Å². The summed E-state index contributed by atoms with van der Waals surface area (Å²) in [6.07, 6.45) is 1.42. The zero-order chi connectivity index (χ0) is 14.0. The fourth-order valence-electron chi connectivity index (χ4n) is 1.89. The van der Waals surface area contributed by atoms with Crippen LogP contribution in [0.4, 0.5) is 0 Å². The molecule has 0 saturated heterocycles. The molecule has 0 aliphatic heterocycles. The summed E-state index contributed by atoms with van der Waals surface area (Å²) in [4.78, 5) is 21.9. The molecule has 18 heavy (non-hydrogen) atoms. The number of rotatable bonds is 6. The van der Waals surface area contributed by atoms with E-state index < -0.39 is 32.8 Å². The third-order valence-electron chi connectivity index (χ3n) is 3.16. The van der Waals surface area contributed by atoms with Gasteiger partial charge in [-0.05, 0) is 26.2 Å². The number of methoxy groups -OCH3 is 1. The Morgan fingerprint density at radius 3 is 2.33 bits per heavy atom. The molecule has 2 N–H and O–H groups in total. The van der Waals surface area contributed by atoms with Gasteiger partial charge in [0.25, 0.3) is 0 Å². The van der Waals surface area contributed by atoms with Gasteiger partial charge in [-0.25, -0.2) is 13.1 Å². The maximum Gasteiger partial charge on any atom is 0.325 e. The van der Waals surface area contributed by atoms with Gasteiger partial charge in [0.2, 0.25) is 10.0 Å². The van der Waals surface area contributed by atoms with Crippen LogP contribution in [0.2, 0.25) is 0 Å². The number of ether oxygens (including phenoxy) is 1. The number of carbonyl (C=O) groups excluding carboxylic acids is 1. The number of hydrogen-bond donors (Lipinski definition) is 2. The minimum Gasteiger partial charge on any atom is -0.481 e. The summed E-state index contributed by atoms with van der Waals surface area (Å²) in [6.45, 7) is 1.21. The molecule has 8 heteroatoms. The van der Waals surface area contributed by atoms with Crippen molar-refractivity contribution in [3.8, 4) is 0 Å². The SMILES string of the molecule is COC(=O)C(C)S(=O)(=O)NC1(CC(=O)O)CCC1. The van der Waals surface area contributed by atoms with Gasteiger partial charge >= 0.3 is 11.9 Å². The lowest BCUT2D eigenvalue weighted by molar-refractivity contribution is -0.140. The van der Waals surface area contributed by atoms with Crippen molar-refractivity contribution >= 4 is 22.0 Å². The molecule has 1 aliphatic carbocycles. The van der Waals surface area contributed by atoms with Crippen LogP contribution in [-0.4, -0.2) is 43.4 Å². The highest BCUT2D eigenvalue weighted by atomic mass is 32.2. The number of carboxylic acid groups (broad SMARTS) is 1. The van der Waals surface area contributed by atoms with Crippen LogP contribution in [0, 0.1) is 0 Å². The number of hydrogen-bond acceptors (Lipinski definition) is 5. The molecule has 1 saturated carbocycles. The van der Waals surface area contributed by atoms with Crippen LogP contribution in [0.15, 0.2) is 0 Å². The number of nitrogens with one attached hydrogen (secondary N) is 1.